The Hall–Kier alpha value is -1.55. The van der Waals surface area contributed by atoms with Gasteiger partial charge < -0.3 is 14.8 Å². The lowest BCUT2D eigenvalue weighted by atomic mass is 9.77. The van der Waals surface area contributed by atoms with Crippen molar-refractivity contribution in [3.05, 3.63) is 24.3 Å². The highest BCUT2D eigenvalue weighted by Gasteiger charge is 2.34. The Kier molecular flexibility index (Phi) is 3.19. The number of oxazole rings is 1. The number of anilines is 1. The van der Waals surface area contributed by atoms with E-state index in [4.69, 9.17) is 4.42 Å². The summed E-state index contributed by atoms with van der Waals surface area (Å²) in [6.07, 6.45) is 4.19. The number of nitrogens with one attached hydrogen (secondary N) is 1. The van der Waals surface area contributed by atoms with Crippen molar-refractivity contribution in [3.8, 4) is 0 Å². The number of benzene rings is 1. The van der Waals surface area contributed by atoms with Gasteiger partial charge >= 0.3 is 0 Å². The average Bonchev–Trinajstić information content (AvgIpc) is 2.83. The Balaban J connectivity index is 1.82. The Bertz CT molecular complexity index is 523. The Morgan fingerprint density at radius 2 is 2.11 bits per heavy atom. The number of aliphatic hydroxyl groups is 1. The first-order valence-electron chi connectivity index (χ1n) is 6.95. The third-order valence-electron chi connectivity index (χ3n) is 4.20. The van der Waals surface area contributed by atoms with E-state index in [0.29, 0.717) is 6.01 Å². The van der Waals surface area contributed by atoms with Gasteiger partial charge in [0.05, 0.1) is 12.1 Å². The first-order valence-corrected chi connectivity index (χ1v) is 6.95. The Morgan fingerprint density at radius 1 is 1.37 bits per heavy atom. The first kappa shape index (κ1) is 12.5. The van der Waals surface area contributed by atoms with Gasteiger partial charge in [0.2, 0.25) is 0 Å². The summed E-state index contributed by atoms with van der Waals surface area (Å²) in [5.41, 5.74) is 1.36. The molecule has 0 atom stereocenters. The van der Waals surface area contributed by atoms with E-state index in [-0.39, 0.29) is 12.1 Å². The van der Waals surface area contributed by atoms with E-state index in [0.717, 1.165) is 42.7 Å². The number of fused-ring (bicyclic) bond motifs is 1. The molecule has 3 rings (SSSR count). The van der Waals surface area contributed by atoms with E-state index in [9.17, 15) is 5.11 Å². The fraction of sp³-hybridized carbons (Fsp3) is 0.533. The molecule has 19 heavy (non-hydrogen) atoms. The molecule has 4 heteroatoms. The van der Waals surface area contributed by atoms with Gasteiger partial charge in [-0.25, -0.2) is 0 Å². The highest BCUT2D eigenvalue weighted by atomic mass is 16.4. The van der Waals surface area contributed by atoms with Crippen LogP contribution in [0.2, 0.25) is 0 Å². The maximum Gasteiger partial charge on any atom is 0.296 e. The number of hydrogen-bond acceptors (Lipinski definition) is 4. The zero-order valence-electron chi connectivity index (χ0n) is 11.2. The molecule has 0 spiro atoms. The van der Waals surface area contributed by atoms with Gasteiger partial charge in [0, 0.05) is 0 Å². The molecule has 4 nitrogen and oxygen atoms in total. The lowest BCUT2D eigenvalue weighted by Gasteiger charge is -2.38. The second-order valence-electron chi connectivity index (χ2n) is 5.73. The zero-order valence-corrected chi connectivity index (χ0v) is 11.2. The molecule has 2 aromatic rings. The summed E-state index contributed by atoms with van der Waals surface area (Å²) in [5.74, 6) is 0.741. The van der Waals surface area contributed by atoms with Gasteiger partial charge in [-0.15, -0.1) is 0 Å². The van der Waals surface area contributed by atoms with Crippen molar-refractivity contribution in [3.63, 3.8) is 0 Å². The van der Waals surface area contributed by atoms with Gasteiger partial charge in [0.1, 0.15) is 5.52 Å². The van der Waals surface area contributed by atoms with Crippen LogP contribution in [0.15, 0.2) is 28.7 Å². The zero-order chi connectivity index (χ0) is 13.3. The molecule has 0 unspecified atom stereocenters. The van der Waals surface area contributed by atoms with Crippen molar-refractivity contribution in [1.82, 2.24) is 4.98 Å². The molecule has 2 N–H and O–H groups in total. The van der Waals surface area contributed by atoms with E-state index in [1.165, 1.54) is 0 Å². The molecular formula is C15H20N2O2. The fourth-order valence-electron chi connectivity index (χ4n) is 2.79. The molecule has 1 heterocycles. The molecule has 1 aliphatic rings. The maximum absolute atomic E-state index is 9.73. The summed E-state index contributed by atoms with van der Waals surface area (Å²) < 4.78 is 5.69. The third-order valence-corrected chi connectivity index (χ3v) is 4.20. The molecule has 1 aromatic heterocycles. The van der Waals surface area contributed by atoms with Crippen LogP contribution in [0, 0.1) is 5.92 Å². The van der Waals surface area contributed by atoms with E-state index in [2.05, 4.69) is 17.2 Å². The van der Waals surface area contributed by atoms with Gasteiger partial charge in [-0.1, -0.05) is 19.1 Å². The van der Waals surface area contributed by atoms with Crippen LogP contribution in [-0.4, -0.2) is 22.2 Å². The SMILES string of the molecule is CC1CCC(CO)(Nc2nc3ccccc3o2)CC1. The normalized spacial score (nSPS) is 27.6. The molecular weight excluding hydrogens is 240 g/mol. The second-order valence-corrected chi connectivity index (χ2v) is 5.73. The average molecular weight is 260 g/mol. The van der Waals surface area contributed by atoms with Crippen LogP contribution in [0.25, 0.3) is 11.1 Å². The number of rotatable bonds is 3. The Labute approximate surface area is 112 Å². The van der Waals surface area contributed by atoms with Crippen molar-refractivity contribution in [1.29, 1.82) is 0 Å². The van der Waals surface area contributed by atoms with E-state index in [1.807, 2.05) is 24.3 Å². The fourth-order valence-corrected chi connectivity index (χ4v) is 2.79. The third kappa shape index (κ3) is 2.45. The van der Waals surface area contributed by atoms with Gasteiger partial charge in [0.25, 0.3) is 6.01 Å². The number of aromatic nitrogens is 1. The predicted molar refractivity (Wildman–Crippen MR) is 75.1 cm³/mol. The topological polar surface area (TPSA) is 58.3 Å². The second kappa shape index (κ2) is 4.85. The summed E-state index contributed by atoms with van der Waals surface area (Å²) in [6.45, 7) is 2.39. The van der Waals surface area contributed by atoms with Crippen molar-refractivity contribution in [2.75, 3.05) is 11.9 Å². The smallest absolute Gasteiger partial charge is 0.296 e. The van der Waals surface area contributed by atoms with Gasteiger partial charge in [0.15, 0.2) is 5.58 Å². The molecule has 0 aliphatic heterocycles. The molecule has 102 valence electrons. The summed E-state index contributed by atoms with van der Waals surface area (Å²) >= 11 is 0. The lowest BCUT2D eigenvalue weighted by molar-refractivity contribution is 0.153. The molecule has 1 saturated carbocycles. The van der Waals surface area contributed by atoms with Crippen LogP contribution in [0.3, 0.4) is 0 Å². The highest BCUT2D eigenvalue weighted by Crippen LogP contribution is 2.34. The Morgan fingerprint density at radius 3 is 2.79 bits per heavy atom. The van der Waals surface area contributed by atoms with Crippen LogP contribution >= 0.6 is 0 Å². The summed E-state index contributed by atoms with van der Waals surface area (Å²) in [4.78, 5) is 4.43. The van der Waals surface area contributed by atoms with Crippen molar-refractivity contribution in [2.45, 2.75) is 38.1 Å². The molecule has 0 radical (unpaired) electrons. The number of nitrogens with zero attached hydrogens (tertiary/aromatic N) is 1. The quantitative estimate of drug-likeness (QED) is 0.890. The van der Waals surface area contributed by atoms with Crippen LogP contribution in [0.4, 0.5) is 6.01 Å². The summed E-state index contributed by atoms with van der Waals surface area (Å²) in [7, 11) is 0. The molecule has 1 aromatic carbocycles. The van der Waals surface area contributed by atoms with E-state index < -0.39 is 0 Å². The molecule has 1 aliphatic carbocycles. The number of aliphatic hydroxyl groups excluding tert-OH is 1. The van der Waals surface area contributed by atoms with Crippen molar-refractivity contribution < 1.29 is 9.52 Å². The minimum atomic E-state index is -0.270. The van der Waals surface area contributed by atoms with Crippen LogP contribution < -0.4 is 5.32 Å². The standard InChI is InChI=1S/C15H20N2O2/c1-11-6-8-15(10-18,9-7-11)17-14-16-12-4-2-3-5-13(12)19-14/h2-5,11,18H,6-10H2,1H3,(H,16,17). The van der Waals surface area contributed by atoms with Crippen molar-refractivity contribution in [2.24, 2.45) is 5.92 Å². The molecule has 0 bridgehead atoms. The van der Waals surface area contributed by atoms with Gasteiger partial charge in [-0.05, 0) is 43.7 Å². The molecule has 0 amide bonds. The number of hydrogen-bond donors (Lipinski definition) is 2. The van der Waals surface area contributed by atoms with E-state index in [1.54, 1.807) is 0 Å². The largest absolute Gasteiger partial charge is 0.424 e. The minimum absolute atomic E-state index is 0.123. The lowest BCUT2D eigenvalue weighted by Crippen LogP contribution is -2.45. The van der Waals surface area contributed by atoms with Gasteiger partial charge in [-0.3, -0.25) is 0 Å². The van der Waals surface area contributed by atoms with Crippen LogP contribution in [0.1, 0.15) is 32.6 Å². The summed E-state index contributed by atoms with van der Waals surface area (Å²) in [5, 5.41) is 13.1. The van der Waals surface area contributed by atoms with Crippen molar-refractivity contribution >= 4 is 17.1 Å². The predicted octanol–water partition coefficient (Wildman–Crippen LogP) is 3.18. The number of para-hydroxylation sites is 2. The van der Waals surface area contributed by atoms with Crippen LogP contribution in [0.5, 0.6) is 0 Å². The van der Waals surface area contributed by atoms with Gasteiger partial charge in [-0.2, -0.15) is 4.98 Å². The highest BCUT2D eigenvalue weighted by molar-refractivity contribution is 5.74. The maximum atomic E-state index is 9.73. The molecule has 0 saturated heterocycles. The van der Waals surface area contributed by atoms with Crippen LogP contribution in [-0.2, 0) is 0 Å². The first-order chi connectivity index (χ1) is 9.21. The molecule has 1 fully saturated rings. The summed E-state index contributed by atoms with van der Waals surface area (Å²) in [6, 6.07) is 8.23. The monoisotopic (exact) mass is 260 g/mol. The minimum Gasteiger partial charge on any atom is -0.424 e. The van der Waals surface area contributed by atoms with E-state index >= 15 is 0 Å².